The predicted octanol–water partition coefficient (Wildman–Crippen LogP) is 2.41. The lowest BCUT2D eigenvalue weighted by atomic mass is 9.93. The first-order chi connectivity index (χ1) is 14.2. The zero-order valence-corrected chi connectivity index (χ0v) is 17.5. The van der Waals surface area contributed by atoms with Crippen molar-refractivity contribution in [1.82, 2.24) is 24.9 Å². The summed E-state index contributed by atoms with van der Waals surface area (Å²) >= 11 is 0. The number of aryl methyl sites for hydroxylation is 1. The van der Waals surface area contributed by atoms with E-state index in [9.17, 15) is 4.79 Å². The molecule has 2 aliphatic rings. The summed E-state index contributed by atoms with van der Waals surface area (Å²) < 4.78 is 1.87. The van der Waals surface area contributed by atoms with E-state index in [1.54, 1.807) is 0 Å². The molecule has 2 fully saturated rings. The minimum absolute atomic E-state index is 0.126. The second kappa shape index (κ2) is 9.55. The van der Waals surface area contributed by atoms with Crippen molar-refractivity contribution in [3.63, 3.8) is 0 Å². The number of hydrogen-bond donors (Lipinski definition) is 1. The number of rotatable bonds is 6. The summed E-state index contributed by atoms with van der Waals surface area (Å²) in [4.78, 5) is 17.8. The first-order valence-corrected chi connectivity index (χ1v) is 10.9. The molecule has 4 rings (SSSR count). The van der Waals surface area contributed by atoms with Gasteiger partial charge in [-0.25, -0.2) is 0 Å². The minimum atomic E-state index is 0.126. The van der Waals surface area contributed by atoms with Crippen LogP contribution in [0.2, 0.25) is 0 Å². The number of carbonyl (C=O) groups excluding carboxylic acids is 1. The highest BCUT2D eigenvalue weighted by Crippen LogP contribution is 2.24. The summed E-state index contributed by atoms with van der Waals surface area (Å²) in [5.41, 5.74) is 2.45. The standard InChI is InChI=1S/C23H33N5O/c1-26-16-20(15-25-26)17-27-12-9-22(10-13-27)28-11-5-8-21(18-28)23(29)24-14-19-6-3-2-4-7-19/h2-4,6-7,15-16,21-22H,5,8-14,17-18H2,1H3,(H,24,29). The molecule has 1 aromatic heterocycles. The van der Waals surface area contributed by atoms with Crippen LogP contribution in [0.5, 0.6) is 0 Å². The van der Waals surface area contributed by atoms with Gasteiger partial charge < -0.3 is 5.32 Å². The van der Waals surface area contributed by atoms with E-state index < -0.39 is 0 Å². The molecule has 0 bridgehead atoms. The van der Waals surface area contributed by atoms with Crippen LogP contribution in [-0.2, 0) is 24.9 Å². The SMILES string of the molecule is Cn1cc(CN2CCC(N3CCCC(C(=O)NCc4ccccc4)C3)CC2)cn1. The van der Waals surface area contributed by atoms with Gasteiger partial charge in [-0.05, 0) is 50.9 Å². The smallest absolute Gasteiger partial charge is 0.224 e. The first-order valence-electron chi connectivity index (χ1n) is 10.9. The van der Waals surface area contributed by atoms with Crippen LogP contribution in [0.1, 0.15) is 36.8 Å². The number of nitrogens with zero attached hydrogens (tertiary/aromatic N) is 4. The molecule has 1 amide bonds. The number of nitrogens with one attached hydrogen (secondary N) is 1. The Morgan fingerprint density at radius 1 is 1.10 bits per heavy atom. The van der Waals surface area contributed by atoms with E-state index in [2.05, 4.69) is 38.5 Å². The molecule has 1 aromatic carbocycles. The fourth-order valence-electron chi connectivity index (χ4n) is 4.74. The molecule has 2 aromatic rings. The highest BCUT2D eigenvalue weighted by atomic mass is 16.1. The van der Waals surface area contributed by atoms with Crippen LogP contribution in [0.3, 0.4) is 0 Å². The molecule has 1 N–H and O–H groups in total. The monoisotopic (exact) mass is 395 g/mol. The van der Waals surface area contributed by atoms with Gasteiger partial charge in [0.25, 0.3) is 0 Å². The van der Waals surface area contributed by atoms with Crippen LogP contribution >= 0.6 is 0 Å². The predicted molar refractivity (Wildman–Crippen MR) is 114 cm³/mol. The molecule has 3 heterocycles. The third kappa shape index (κ3) is 5.46. The Kier molecular flexibility index (Phi) is 6.62. The fourth-order valence-corrected chi connectivity index (χ4v) is 4.74. The molecule has 6 heteroatoms. The van der Waals surface area contributed by atoms with Crippen molar-refractivity contribution in [3.8, 4) is 0 Å². The summed E-state index contributed by atoms with van der Waals surface area (Å²) in [6, 6.07) is 10.8. The lowest BCUT2D eigenvalue weighted by Crippen LogP contribution is -2.50. The van der Waals surface area contributed by atoms with Crippen LogP contribution < -0.4 is 5.32 Å². The summed E-state index contributed by atoms with van der Waals surface area (Å²) in [6.45, 7) is 5.92. The second-order valence-corrected chi connectivity index (χ2v) is 8.57. The van der Waals surface area contributed by atoms with Crippen LogP contribution in [0.25, 0.3) is 0 Å². The zero-order chi connectivity index (χ0) is 20.1. The molecule has 2 saturated heterocycles. The molecule has 1 atom stereocenters. The number of piperidine rings is 2. The maximum absolute atomic E-state index is 12.7. The number of aromatic nitrogens is 2. The van der Waals surface area contributed by atoms with E-state index in [-0.39, 0.29) is 11.8 Å². The summed E-state index contributed by atoms with van der Waals surface area (Å²) in [5.74, 6) is 0.341. The van der Waals surface area contributed by atoms with Crippen LogP contribution in [0, 0.1) is 5.92 Å². The molecular formula is C23H33N5O. The van der Waals surface area contributed by atoms with Crippen molar-refractivity contribution in [2.75, 3.05) is 26.2 Å². The Balaban J connectivity index is 1.23. The molecule has 156 valence electrons. The highest BCUT2D eigenvalue weighted by molar-refractivity contribution is 5.78. The van der Waals surface area contributed by atoms with Gasteiger partial charge in [-0.2, -0.15) is 5.10 Å². The second-order valence-electron chi connectivity index (χ2n) is 8.57. The van der Waals surface area contributed by atoms with Gasteiger partial charge in [-0.15, -0.1) is 0 Å². The summed E-state index contributed by atoms with van der Waals surface area (Å²) in [5, 5.41) is 7.42. The van der Waals surface area contributed by atoms with E-state index in [4.69, 9.17) is 0 Å². The summed E-state index contributed by atoms with van der Waals surface area (Å²) in [7, 11) is 1.97. The van der Waals surface area contributed by atoms with E-state index in [1.165, 1.54) is 18.4 Å². The van der Waals surface area contributed by atoms with E-state index >= 15 is 0 Å². The molecule has 6 nitrogen and oxygen atoms in total. The Morgan fingerprint density at radius 2 is 1.90 bits per heavy atom. The van der Waals surface area contributed by atoms with Crippen LogP contribution in [0.15, 0.2) is 42.7 Å². The number of hydrogen-bond acceptors (Lipinski definition) is 4. The average molecular weight is 396 g/mol. The zero-order valence-electron chi connectivity index (χ0n) is 17.5. The molecule has 0 aliphatic carbocycles. The maximum Gasteiger partial charge on any atom is 0.224 e. The van der Waals surface area contributed by atoms with Crippen LogP contribution in [-0.4, -0.2) is 57.7 Å². The van der Waals surface area contributed by atoms with Crippen molar-refractivity contribution in [3.05, 3.63) is 53.9 Å². The molecular weight excluding hydrogens is 362 g/mol. The molecule has 0 radical (unpaired) electrons. The largest absolute Gasteiger partial charge is 0.352 e. The fraction of sp³-hybridized carbons (Fsp3) is 0.565. The van der Waals surface area contributed by atoms with Gasteiger partial charge in [0.1, 0.15) is 0 Å². The van der Waals surface area contributed by atoms with Gasteiger partial charge in [0.2, 0.25) is 5.91 Å². The van der Waals surface area contributed by atoms with Crippen molar-refractivity contribution in [2.24, 2.45) is 13.0 Å². The highest BCUT2D eigenvalue weighted by Gasteiger charge is 2.31. The Hall–Kier alpha value is -2.18. The van der Waals surface area contributed by atoms with Gasteiger partial charge in [0.05, 0.1) is 12.1 Å². The maximum atomic E-state index is 12.7. The third-order valence-electron chi connectivity index (χ3n) is 6.37. The molecule has 2 aliphatic heterocycles. The number of benzene rings is 1. The van der Waals surface area contributed by atoms with E-state index in [0.29, 0.717) is 12.6 Å². The number of likely N-dealkylation sites (tertiary alicyclic amines) is 2. The molecule has 1 unspecified atom stereocenters. The van der Waals surface area contributed by atoms with E-state index in [0.717, 1.165) is 51.1 Å². The summed E-state index contributed by atoms with van der Waals surface area (Å²) in [6.07, 6.45) is 8.60. The Bertz CT molecular complexity index is 782. The van der Waals surface area contributed by atoms with Crippen molar-refractivity contribution in [2.45, 2.75) is 44.8 Å². The van der Waals surface area contributed by atoms with Crippen molar-refractivity contribution >= 4 is 5.91 Å². The average Bonchev–Trinajstić information content (AvgIpc) is 3.18. The quantitative estimate of drug-likeness (QED) is 0.816. The number of carbonyl (C=O) groups is 1. The van der Waals surface area contributed by atoms with Crippen molar-refractivity contribution < 1.29 is 4.79 Å². The normalized spacial score (nSPS) is 21.9. The van der Waals surface area contributed by atoms with Gasteiger partial charge in [0, 0.05) is 44.5 Å². The van der Waals surface area contributed by atoms with Crippen molar-refractivity contribution in [1.29, 1.82) is 0 Å². The van der Waals surface area contributed by atoms with E-state index in [1.807, 2.05) is 36.1 Å². The lowest BCUT2D eigenvalue weighted by molar-refractivity contribution is -0.127. The topological polar surface area (TPSA) is 53.4 Å². The third-order valence-corrected chi connectivity index (χ3v) is 6.37. The minimum Gasteiger partial charge on any atom is -0.352 e. The molecule has 0 spiro atoms. The molecule has 29 heavy (non-hydrogen) atoms. The van der Waals surface area contributed by atoms with Gasteiger partial charge in [-0.1, -0.05) is 30.3 Å². The lowest BCUT2D eigenvalue weighted by Gasteiger charge is -2.42. The molecule has 0 saturated carbocycles. The van der Waals surface area contributed by atoms with Gasteiger partial charge >= 0.3 is 0 Å². The van der Waals surface area contributed by atoms with Crippen LogP contribution in [0.4, 0.5) is 0 Å². The first kappa shape index (κ1) is 20.1. The van der Waals surface area contributed by atoms with Gasteiger partial charge in [0.15, 0.2) is 0 Å². The Morgan fingerprint density at radius 3 is 2.62 bits per heavy atom. The van der Waals surface area contributed by atoms with Gasteiger partial charge in [-0.3, -0.25) is 19.3 Å². The Labute approximate surface area is 173 Å². The number of amides is 1.